The Hall–Kier alpha value is -2.40. The Bertz CT molecular complexity index is 887. The molecule has 0 amide bonds. The Balaban J connectivity index is 2.59. The molecule has 0 radical (unpaired) electrons. The minimum atomic E-state index is -0.765. The van der Waals surface area contributed by atoms with Gasteiger partial charge in [0.05, 0.1) is 18.2 Å². The van der Waals surface area contributed by atoms with Crippen LogP contribution in [0.2, 0.25) is 5.02 Å². The number of unbranched alkanes of at least 4 members (excludes halogenated alkanes) is 1. The highest BCUT2D eigenvalue weighted by atomic mass is 35.5. The van der Waals surface area contributed by atoms with Gasteiger partial charge in [-0.05, 0) is 32.3 Å². The van der Waals surface area contributed by atoms with E-state index < -0.39 is 11.5 Å². The lowest BCUT2D eigenvalue weighted by molar-refractivity contribution is 0.0523. The van der Waals surface area contributed by atoms with E-state index in [0.29, 0.717) is 23.2 Å². The second-order valence-corrected chi connectivity index (χ2v) is 6.64. The Labute approximate surface area is 163 Å². The van der Waals surface area contributed by atoms with Gasteiger partial charge in [-0.15, -0.1) is 0 Å². The van der Waals surface area contributed by atoms with Crippen LogP contribution in [-0.2, 0) is 17.7 Å². The molecule has 0 N–H and O–H groups in total. The molecule has 2 rings (SSSR count). The Morgan fingerprint density at radius 2 is 1.81 bits per heavy atom. The number of hydrogen-bond acceptors (Lipinski definition) is 4. The van der Waals surface area contributed by atoms with Gasteiger partial charge in [0, 0.05) is 11.3 Å². The molecule has 0 spiro atoms. The first-order valence-electron chi connectivity index (χ1n) is 9.09. The van der Waals surface area contributed by atoms with E-state index in [9.17, 15) is 14.4 Å². The number of halogens is 1. The number of nitrogens with zero attached hydrogens (tertiary/aromatic N) is 1. The zero-order valence-corrected chi connectivity index (χ0v) is 16.6. The number of carbonyl (C=O) groups is 2. The number of esters is 1. The van der Waals surface area contributed by atoms with E-state index in [0.717, 1.165) is 12.8 Å². The number of carbonyl (C=O) groups excluding carboxylic acids is 2. The molecular formula is C21H24ClNO4. The summed E-state index contributed by atoms with van der Waals surface area (Å²) in [6.07, 6.45) is 2.37. The fourth-order valence-electron chi connectivity index (χ4n) is 2.94. The molecule has 5 nitrogen and oxygen atoms in total. The van der Waals surface area contributed by atoms with Crippen molar-refractivity contribution in [2.45, 2.75) is 46.6 Å². The third-order valence-corrected chi connectivity index (χ3v) is 4.88. The van der Waals surface area contributed by atoms with Crippen LogP contribution in [0.4, 0.5) is 0 Å². The van der Waals surface area contributed by atoms with Crippen LogP contribution < -0.4 is 5.56 Å². The fourth-order valence-corrected chi connectivity index (χ4v) is 3.21. The standard InChI is InChI=1S/C21H24ClNO4/c1-4-6-12-16-14(3)19(22)18(21(26)27-5-2)20(25)23(16)13-17(24)15-10-8-7-9-11-15/h7-11H,4-6,12-13H2,1-3H3. The van der Waals surface area contributed by atoms with Crippen molar-refractivity contribution in [3.8, 4) is 0 Å². The molecule has 2 aromatic rings. The predicted molar refractivity (Wildman–Crippen MR) is 106 cm³/mol. The molecule has 0 atom stereocenters. The quantitative estimate of drug-likeness (QED) is 0.501. The monoisotopic (exact) mass is 389 g/mol. The average molecular weight is 390 g/mol. The SMILES string of the molecule is CCCCc1c(C)c(Cl)c(C(=O)OCC)c(=O)n1CC(=O)c1ccccc1. The summed E-state index contributed by atoms with van der Waals surface area (Å²) in [7, 11) is 0. The summed E-state index contributed by atoms with van der Waals surface area (Å²) >= 11 is 6.34. The fraction of sp³-hybridized carbons (Fsp3) is 0.381. The van der Waals surface area contributed by atoms with Gasteiger partial charge in [-0.3, -0.25) is 9.59 Å². The second-order valence-electron chi connectivity index (χ2n) is 6.27. The number of ether oxygens (including phenoxy) is 1. The van der Waals surface area contributed by atoms with Crippen LogP contribution in [0.5, 0.6) is 0 Å². The van der Waals surface area contributed by atoms with Crippen molar-refractivity contribution < 1.29 is 14.3 Å². The van der Waals surface area contributed by atoms with Gasteiger partial charge in [0.2, 0.25) is 0 Å². The molecule has 6 heteroatoms. The summed E-state index contributed by atoms with van der Waals surface area (Å²) in [5, 5.41) is 0.105. The smallest absolute Gasteiger partial charge is 0.345 e. The van der Waals surface area contributed by atoms with Gasteiger partial charge in [0.25, 0.3) is 5.56 Å². The van der Waals surface area contributed by atoms with Gasteiger partial charge in [-0.25, -0.2) is 4.79 Å². The molecule has 0 aliphatic rings. The molecule has 1 aromatic heterocycles. The highest BCUT2D eigenvalue weighted by Gasteiger charge is 2.25. The van der Waals surface area contributed by atoms with Crippen LogP contribution in [0, 0.1) is 6.92 Å². The van der Waals surface area contributed by atoms with Gasteiger partial charge in [-0.2, -0.15) is 0 Å². The van der Waals surface area contributed by atoms with Crippen LogP contribution in [0.25, 0.3) is 0 Å². The molecule has 0 aliphatic carbocycles. The van der Waals surface area contributed by atoms with Crippen molar-refractivity contribution in [2.24, 2.45) is 0 Å². The molecule has 144 valence electrons. The highest BCUT2D eigenvalue weighted by molar-refractivity contribution is 6.34. The number of Topliss-reactive ketones (excluding diaryl/α,β-unsaturated/α-hetero) is 1. The molecule has 0 fully saturated rings. The number of hydrogen-bond donors (Lipinski definition) is 0. The third-order valence-electron chi connectivity index (χ3n) is 4.41. The molecule has 0 unspecified atom stereocenters. The van der Waals surface area contributed by atoms with Crippen LogP contribution in [0.15, 0.2) is 35.1 Å². The first-order chi connectivity index (χ1) is 12.9. The van der Waals surface area contributed by atoms with Crippen molar-refractivity contribution in [1.82, 2.24) is 4.57 Å². The van der Waals surface area contributed by atoms with E-state index in [1.165, 1.54) is 4.57 Å². The normalized spacial score (nSPS) is 10.7. The first-order valence-corrected chi connectivity index (χ1v) is 9.47. The average Bonchev–Trinajstić information content (AvgIpc) is 2.66. The summed E-state index contributed by atoms with van der Waals surface area (Å²) < 4.78 is 6.36. The van der Waals surface area contributed by atoms with E-state index >= 15 is 0 Å². The molecule has 27 heavy (non-hydrogen) atoms. The number of pyridine rings is 1. The van der Waals surface area contributed by atoms with Gasteiger partial charge < -0.3 is 9.30 Å². The van der Waals surface area contributed by atoms with Crippen LogP contribution >= 0.6 is 11.6 Å². The van der Waals surface area contributed by atoms with Crippen molar-refractivity contribution in [3.05, 3.63) is 68.1 Å². The second kappa shape index (κ2) is 9.51. The van der Waals surface area contributed by atoms with E-state index in [2.05, 4.69) is 0 Å². The zero-order chi connectivity index (χ0) is 20.0. The minimum Gasteiger partial charge on any atom is -0.462 e. The van der Waals surface area contributed by atoms with E-state index in [4.69, 9.17) is 16.3 Å². The Morgan fingerprint density at radius 3 is 2.41 bits per heavy atom. The zero-order valence-electron chi connectivity index (χ0n) is 15.9. The molecular weight excluding hydrogens is 366 g/mol. The largest absolute Gasteiger partial charge is 0.462 e. The number of rotatable bonds is 8. The summed E-state index contributed by atoms with van der Waals surface area (Å²) in [6.45, 7) is 5.45. The molecule has 0 saturated carbocycles. The van der Waals surface area contributed by atoms with Crippen molar-refractivity contribution in [1.29, 1.82) is 0 Å². The van der Waals surface area contributed by atoms with E-state index in [-0.39, 0.29) is 29.5 Å². The van der Waals surface area contributed by atoms with Crippen LogP contribution in [0.3, 0.4) is 0 Å². The summed E-state index contributed by atoms with van der Waals surface area (Å²) in [4.78, 5) is 38.0. The van der Waals surface area contributed by atoms with Gasteiger partial charge in [-0.1, -0.05) is 55.3 Å². The van der Waals surface area contributed by atoms with Gasteiger partial charge >= 0.3 is 5.97 Å². The minimum absolute atomic E-state index is 0.105. The Morgan fingerprint density at radius 1 is 1.15 bits per heavy atom. The van der Waals surface area contributed by atoms with E-state index in [1.54, 1.807) is 38.1 Å². The first kappa shape index (κ1) is 20.9. The summed E-state index contributed by atoms with van der Waals surface area (Å²) in [5.74, 6) is -0.967. The lowest BCUT2D eigenvalue weighted by Crippen LogP contribution is -2.33. The van der Waals surface area contributed by atoms with E-state index in [1.807, 2.05) is 13.0 Å². The highest BCUT2D eigenvalue weighted by Crippen LogP contribution is 2.24. The summed E-state index contributed by atoms with van der Waals surface area (Å²) in [6, 6.07) is 8.76. The van der Waals surface area contributed by atoms with Crippen molar-refractivity contribution >= 4 is 23.4 Å². The van der Waals surface area contributed by atoms with Crippen molar-refractivity contribution in [3.63, 3.8) is 0 Å². The maximum Gasteiger partial charge on any atom is 0.345 e. The molecule has 0 saturated heterocycles. The van der Waals surface area contributed by atoms with Gasteiger partial charge in [0.1, 0.15) is 5.56 Å². The third kappa shape index (κ3) is 4.66. The molecule has 0 bridgehead atoms. The van der Waals surface area contributed by atoms with Gasteiger partial charge in [0.15, 0.2) is 5.78 Å². The topological polar surface area (TPSA) is 65.4 Å². The number of ketones is 1. The number of aromatic nitrogens is 1. The Kier molecular flexibility index (Phi) is 7.36. The van der Waals surface area contributed by atoms with Crippen LogP contribution in [-0.4, -0.2) is 22.9 Å². The summed E-state index contributed by atoms with van der Waals surface area (Å²) in [5.41, 5.74) is 1.03. The molecule has 0 aliphatic heterocycles. The predicted octanol–water partition coefficient (Wildman–Crippen LogP) is 4.21. The van der Waals surface area contributed by atoms with Crippen LogP contribution in [0.1, 0.15) is 58.7 Å². The molecule has 1 aromatic carbocycles. The molecule has 1 heterocycles. The lowest BCUT2D eigenvalue weighted by Gasteiger charge is -2.18. The maximum atomic E-state index is 13.0. The lowest BCUT2D eigenvalue weighted by atomic mass is 10.0. The van der Waals surface area contributed by atoms with Crippen molar-refractivity contribution in [2.75, 3.05) is 6.61 Å². The maximum absolute atomic E-state index is 13.0. The number of benzene rings is 1.